The van der Waals surface area contributed by atoms with Gasteiger partial charge in [-0.25, -0.2) is 4.98 Å². The van der Waals surface area contributed by atoms with Gasteiger partial charge in [-0.15, -0.1) is 12.4 Å². The molecule has 0 saturated carbocycles. The summed E-state index contributed by atoms with van der Waals surface area (Å²) in [5.74, 6) is 0.0951. The van der Waals surface area contributed by atoms with Gasteiger partial charge in [0.1, 0.15) is 0 Å². The largest absolute Gasteiger partial charge is 0.340 e. The SMILES string of the molecule is Cc1cccc2c(=O)n(CCC(=O)N3CCNCC3)cnc12.Cl. The molecule has 1 aliphatic heterocycles. The second-order valence-electron chi connectivity index (χ2n) is 5.59. The van der Waals surface area contributed by atoms with Crippen LogP contribution in [0.5, 0.6) is 0 Å². The molecule has 3 rings (SSSR count). The molecule has 1 aliphatic rings. The lowest BCUT2D eigenvalue weighted by molar-refractivity contribution is -0.132. The van der Waals surface area contributed by atoms with Crippen molar-refractivity contribution in [2.75, 3.05) is 26.2 Å². The number of rotatable bonds is 3. The first kappa shape index (κ1) is 17.4. The molecule has 124 valence electrons. The van der Waals surface area contributed by atoms with E-state index in [-0.39, 0.29) is 23.9 Å². The van der Waals surface area contributed by atoms with Gasteiger partial charge in [0.25, 0.3) is 5.56 Å². The van der Waals surface area contributed by atoms with Crippen molar-refractivity contribution in [3.05, 3.63) is 40.4 Å². The molecule has 1 amide bonds. The lowest BCUT2D eigenvalue weighted by Crippen LogP contribution is -2.46. The Balaban J connectivity index is 0.00000192. The molecule has 1 aromatic carbocycles. The maximum absolute atomic E-state index is 12.5. The number of carbonyl (C=O) groups is 1. The first-order chi connectivity index (χ1) is 10.7. The van der Waals surface area contributed by atoms with E-state index < -0.39 is 0 Å². The highest BCUT2D eigenvalue weighted by atomic mass is 35.5. The number of fused-ring (bicyclic) bond motifs is 1. The van der Waals surface area contributed by atoms with Crippen molar-refractivity contribution in [1.82, 2.24) is 19.8 Å². The quantitative estimate of drug-likeness (QED) is 0.906. The van der Waals surface area contributed by atoms with Crippen molar-refractivity contribution in [2.45, 2.75) is 19.9 Å². The second kappa shape index (κ2) is 7.57. The molecule has 0 unspecified atom stereocenters. The number of aryl methyl sites for hydroxylation is 2. The molecule has 0 aliphatic carbocycles. The highest BCUT2D eigenvalue weighted by molar-refractivity contribution is 5.85. The molecule has 2 aromatic rings. The van der Waals surface area contributed by atoms with Crippen LogP contribution in [0.4, 0.5) is 0 Å². The van der Waals surface area contributed by atoms with Gasteiger partial charge in [0.2, 0.25) is 5.91 Å². The minimum absolute atomic E-state index is 0. The van der Waals surface area contributed by atoms with E-state index in [1.54, 1.807) is 12.4 Å². The Bertz CT molecular complexity index is 753. The number of aromatic nitrogens is 2. The lowest BCUT2D eigenvalue weighted by Gasteiger charge is -2.27. The molecule has 0 spiro atoms. The number of piperazine rings is 1. The van der Waals surface area contributed by atoms with E-state index in [9.17, 15) is 9.59 Å². The minimum atomic E-state index is -0.0817. The van der Waals surface area contributed by atoms with E-state index in [1.165, 1.54) is 4.57 Å². The van der Waals surface area contributed by atoms with Crippen LogP contribution in [-0.4, -0.2) is 46.5 Å². The smallest absolute Gasteiger partial charge is 0.261 e. The molecular formula is C16H21ClN4O2. The number of nitrogens with zero attached hydrogens (tertiary/aromatic N) is 3. The molecule has 1 fully saturated rings. The van der Waals surface area contributed by atoms with E-state index in [1.807, 2.05) is 24.0 Å². The predicted octanol–water partition coefficient (Wildman–Crippen LogP) is 0.949. The van der Waals surface area contributed by atoms with Crippen LogP contribution >= 0.6 is 12.4 Å². The molecule has 0 atom stereocenters. The Morgan fingerprint density at radius 2 is 2.04 bits per heavy atom. The third kappa shape index (κ3) is 3.71. The van der Waals surface area contributed by atoms with Gasteiger partial charge in [0.15, 0.2) is 0 Å². The molecule has 0 bridgehead atoms. The Labute approximate surface area is 140 Å². The van der Waals surface area contributed by atoms with Crippen LogP contribution < -0.4 is 10.9 Å². The van der Waals surface area contributed by atoms with E-state index in [0.29, 0.717) is 18.4 Å². The van der Waals surface area contributed by atoms with E-state index in [2.05, 4.69) is 10.3 Å². The van der Waals surface area contributed by atoms with Gasteiger partial charge < -0.3 is 10.2 Å². The maximum atomic E-state index is 12.5. The molecule has 7 heteroatoms. The third-order valence-electron chi connectivity index (χ3n) is 4.09. The van der Waals surface area contributed by atoms with Gasteiger partial charge in [-0.1, -0.05) is 12.1 Å². The minimum Gasteiger partial charge on any atom is -0.340 e. The number of para-hydroxylation sites is 1. The standard InChI is InChI=1S/C16H20N4O2.ClH/c1-12-3-2-4-13-15(12)18-11-20(16(13)22)8-5-14(21)19-9-6-17-7-10-19;/h2-4,11,17H,5-10H2,1H3;1H. The number of amides is 1. The third-order valence-corrected chi connectivity index (χ3v) is 4.09. The Morgan fingerprint density at radius 3 is 2.78 bits per heavy atom. The van der Waals surface area contributed by atoms with Crippen molar-refractivity contribution < 1.29 is 4.79 Å². The van der Waals surface area contributed by atoms with Gasteiger partial charge in [0, 0.05) is 39.1 Å². The fraction of sp³-hybridized carbons (Fsp3) is 0.438. The zero-order chi connectivity index (χ0) is 15.5. The number of hydrogen-bond donors (Lipinski definition) is 1. The molecular weight excluding hydrogens is 316 g/mol. The van der Waals surface area contributed by atoms with Gasteiger partial charge in [0.05, 0.1) is 17.2 Å². The van der Waals surface area contributed by atoms with Crippen LogP contribution in [0.25, 0.3) is 10.9 Å². The summed E-state index contributed by atoms with van der Waals surface area (Å²) in [5, 5.41) is 3.83. The maximum Gasteiger partial charge on any atom is 0.261 e. The van der Waals surface area contributed by atoms with Gasteiger partial charge >= 0.3 is 0 Å². The predicted molar refractivity (Wildman–Crippen MR) is 92.1 cm³/mol. The molecule has 1 N–H and O–H groups in total. The van der Waals surface area contributed by atoms with Gasteiger partial charge in [-0.2, -0.15) is 0 Å². The summed E-state index contributed by atoms with van der Waals surface area (Å²) in [5.41, 5.74) is 1.64. The lowest BCUT2D eigenvalue weighted by atomic mass is 10.1. The summed E-state index contributed by atoms with van der Waals surface area (Å²) in [6, 6.07) is 5.58. The monoisotopic (exact) mass is 336 g/mol. The zero-order valence-electron chi connectivity index (χ0n) is 13.1. The second-order valence-corrected chi connectivity index (χ2v) is 5.59. The fourth-order valence-electron chi connectivity index (χ4n) is 2.79. The average Bonchev–Trinajstić information content (AvgIpc) is 2.55. The van der Waals surface area contributed by atoms with E-state index >= 15 is 0 Å². The molecule has 1 saturated heterocycles. The topological polar surface area (TPSA) is 67.2 Å². The summed E-state index contributed by atoms with van der Waals surface area (Å²) in [7, 11) is 0. The summed E-state index contributed by atoms with van der Waals surface area (Å²) in [4.78, 5) is 30.8. The normalized spacial score (nSPS) is 14.6. The van der Waals surface area contributed by atoms with E-state index in [4.69, 9.17) is 0 Å². The van der Waals surface area contributed by atoms with Crippen molar-refractivity contribution in [3.63, 3.8) is 0 Å². The Hall–Kier alpha value is -1.92. The van der Waals surface area contributed by atoms with Crippen LogP contribution in [0.15, 0.2) is 29.3 Å². The Morgan fingerprint density at radius 1 is 1.30 bits per heavy atom. The van der Waals surface area contributed by atoms with E-state index in [0.717, 1.165) is 37.3 Å². The van der Waals surface area contributed by atoms with Gasteiger partial charge in [-0.3, -0.25) is 14.2 Å². The molecule has 2 heterocycles. The summed E-state index contributed by atoms with van der Waals surface area (Å²) >= 11 is 0. The number of carbonyl (C=O) groups excluding carboxylic acids is 1. The molecule has 0 radical (unpaired) electrons. The average molecular weight is 337 g/mol. The van der Waals surface area contributed by atoms with Crippen molar-refractivity contribution in [1.29, 1.82) is 0 Å². The van der Waals surface area contributed by atoms with Crippen molar-refractivity contribution in [2.24, 2.45) is 0 Å². The Kier molecular flexibility index (Phi) is 5.74. The highest BCUT2D eigenvalue weighted by Gasteiger charge is 2.16. The van der Waals surface area contributed by atoms with Crippen molar-refractivity contribution >= 4 is 29.2 Å². The summed E-state index contributed by atoms with van der Waals surface area (Å²) in [6.45, 7) is 5.46. The van der Waals surface area contributed by atoms with Crippen LogP contribution in [0, 0.1) is 6.92 Å². The summed E-state index contributed by atoms with van der Waals surface area (Å²) in [6.07, 6.45) is 1.88. The van der Waals surface area contributed by atoms with Crippen LogP contribution in [0.3, 0.4) is 0 Å². The van der Waals surface area contributed by atoms with Gasteiger partial charge in [-0.05, 0) is 18.6 Å². The summed E-state index contributed by atoms with van der Waals surface area (Å²) < 4.78 is 1.53. The number of halogens is 1. The zero-order valence-corrected chi connectivity index (χ0v) is 13.9. The van der Waals surface area contributed by atoms with Crippen LogP contribution in [0.2, 0.25) is 0 Å². The van der Waals surface area contributed by atoms with Crippen LogP contribution in [-0.2, 0) is 11.3 Å². The fourth-order valence-corrected chi connectivity index (χ4v) is 2.79. The first-order valence-electron chi connectivity index (χ1n) is 7.60. The molecule has 6 nitrogen and oxygen atoms in total. The number of hydrogen-bond acceptors (Lipinski definition) is 4. The molecule has 1 aromatic heterocycles. The van der Waals surface area contributed by atoms with Crippen molar-refractivity contribution in [3.8, 4) is 0 Å². The number of nitrogens with one attached hydrogen (secondary N) is 1. The first-order valence-corrected chi connectivity index (χ1v) is 7.60. The van der Waals surface area contributed by atoms with Crippen LogP contribution in [0.1, 0.15) is 12.0 Å². The molecule has 23 heavy (non-hydrogen) atoms. The highest BCUT2D eigenvalue weighted by Crippen LogP contribution is 2.11. The number of benzene rings is 1.